The Hall–Kier alpha value is -2.31. The maximum atomic E-state index is 12.4. The molecule has 156 valence electrons. The van der Waals surface area contributed by atoms with Gasteiger partial charge in [0.1, 0.15) is 0 Å². The van der Waals surface area contributed by atoms with Gasteiger partial charge in [-0.25, -0.2) is 0 Å². The Labute approximate surface area is 177 Å². The molecule has 0 saturated carbocycles. The fourth-order valence-corrected chi connectivity index (χ4v) is 4.40. The number of nitrogens with zero attached hydrogens (tertiary/aromatic N) is 1. The van der Waals surface area contributed by atoms with Gasteiger partial charge in [-0.1, -0.05) is 12.1 Å². The van der Waals surface area contributed by atoms with E-state index < -0.39 is 0 Å². The molecule has 29 heavy (non-hydrogen) atoms. The molecule has 0 radical (unpaired) electrons. The molecule has 1 amide bonds. The van der Waals surface area contributed by atoms with Crippen molar-refractivity contribution in [2.75, 3.05) is 32.8 Å². The maximum Gasteiger partial charge on any atom is 0.244 e. The number of hydrogen-bond acceptors (Lipinski definition) is 5. The highest BCUT2D eigenvalue weighted by atomic mass is 32.1. The van der Waals surface area contributed by atoms with Crippen LogP contribution in [-0.4, -0.2) is 43.7 Å². The van der Waals surface area contributed by atoms with Crippen LogP contribution in [0.15, 0.2) is 41.8 Å². The molecule has 1 unspecified atom stereocenters. The molecule has 0 bridgehead atoms. The molecule has 1 atom stereocenters. The Morgan fingerprint density at radius 3 is 2.62 bits per heavy atom. The van der Waals surface area contributed by atoms with Crippen molar-refractivity contribution in [3.05, 3.63) is 52.2 Å². The number of carbonyl (C=O) groups excluding carboxylic acids is 1. The summed E-state index contributed by atoms with van der Waals surface area (Å²) in [6.45, 7) is 7.85. The number of nitrogens with one attached hydrogen (secondary N) is 1. The van der Waals surface area contributed by atoms with Crippen molar-refractivity contribution in [1.29, 1.82) is 0 Å². The van der Waals surface area contributed by atoms with Crippen LogP contribution in [0, 0.1) is 0 Å². The number of likely N-dealkylation sites (tertiary alicyclic amines) is 1. The largest absolute Gasteiger partial charge is 0.490 e. The minimum Gasteiger partial charge on any atom is -0.490 e. The zero-order chi connectivity index (χ0) is 20.5. The zero-order valence-corrected chi connectivity index (χ0v) is 18.0. The van der Waals surface area contributed by atoms with Crippen LogP contribution in [0.5, 0.6) is 11.5 Å². The molecule has 5 nitrogen and oxygen atoms in total. The second-order valence-electron chi connectivity index (χ2n) is 6.92. The highest BCUT2D eigenvalue weighted by Gasteiger charge is 2.24. The Morgan fingerprint density at radius 2 is 1.93 bits per heavy atom. The summed E-state index contributed by atoms with van der Waals surface area (Å²) in [5, 5.41) is 5.17. The number of rotatable bonds is 10. The van der Waals surface area contributed by atoms with E-state index in [4.69, 9.17) is 9.47 Å². The fraction of sp³-hybridized carbons (Fsp3) is 0.435. The van der Waals surface area contributed by atoms with Gasteiger partial charge in [-0.2, -0.15) is 0 Å². The molecule has 2 heterocycles. The van der Waals surface area contributed by atoms with Gasteiger partial charge < -0.3 is 14.8 Å². The third kappa shape index (κ3) is 6.08. The maximum absolute atomic E-state index is 12.4. The fourth-order valence-electron chi connectivity index (χ4n) is 3.54. The predicted octanol–water partition coefficient (Wildman–Crippen LogP) is 4.51. The standard InChI is InChI=1S/C23H30N2O3S/c1-3-27-20-11-9-18(16-21(20)28-4-2)10-12-23(26)24-17-19(22-8-7-15-29-22)25-13-5-6-14-25/h7-12,15-16,19H,3-6,13-14,17H2,1-2H3,(H,24,26)/b12-10+. The second kappa shape index (κ2) is 11.0. The molecule has 6 heteroatoms. The summed E-state index contributed by atoms with van der Waals surface area (Å²) in [4.78, 5) is 16.2. The van der Waals surface area contributed by atoms with Crippen LogP contribution in [0.4, 0.5) is 0 Å². The number of hydrogen-bond donors (Lipinski definition) is 1. The van der Waals surface area contributed by atoms with Crippen molar-refractivity contribution in [3.8, 4) is 11.5 Å². The quantitative estimate of drug-likeness (QED) is 0.581. The van der Waals surface area contributed by atoms with Gasteiger partial charge in [0, 0.05) is 17.5 Å². The average molecular weight is 415 g/mol. The first-order chi connectivity index (χ1) is 14.2. The van der Waals surface area contributed by atoms with Crippen molar-refractivity contribution in [2.45, 2.75) is 32.7 Å². The Morgan fingerprint density at radius 1 is 1.17 bits per heavy atom. The van der Waals surface area contributed by atoms with Gasteiger partial charge in [0.05, 0.1) is 19.3 Å². The van der Waals surface area contributed by atoms with Crippen LogP contribution >= 0.6 is 11.3 Å². The first-order valence-corrected chi connectivity index (χ1v) is 11.2. The van der Waals surface area contributed by atoms with Gasteiger partial charge in [-0.15, -0.1) is 11.3 Å². The molecule has 1 aromatic carbocycles. The van der Waals surface area contributed by atoms with E-state index in [-0.39, 0.29) is 11.9 Å². The summed E-state index contributed by atoms with van der Waals surface area (Å²) in [7, 11) is 0. The van der Waals surface area contributed by atoms with Crippen molar-refractivity contribution in [1.82, 2.24) is 10.2 Å². The summed E-state index contributed by atoms with van der Waals surface area (Å²) in [6, 6.07) is 10.2. The van der Waals surface area contributed by atoms with Crippen molar-refractivity contribution < 1.29 is 14.3 Å². The molecule has 1 fully saturated rings. The van der Waals surface area contributed by atoms with Crippen LogP contribution in [0.1, 0.15) is 43.2 Å². The molecule has 3 rings (SSSR count). The van der Waals surface area contributed by atoms with E-state index in [9.17, 15) is 4.79 Å². The number of amides is 1. The van der Waals surface area contributed by atoms with Gasteiger partial charge in [0.25, 0.3) is 0 Å². The molecule has 0 spiro atoms. The summed E-state index contributed by atoms with van der Waals surface area (Å²) in [6.07, 6.45) is 5.86. The van der Waals surface area contributed by atoms with Crippen LogP contribution in [0.3, 0.4) is 0 Å². The first-order valence-electron chi connectivity index (χ1n) is 10.3. The molecule has 0 aliphatic carbocycles. The lowest BCUT2D eigenvalue weighted by Crippen LogP contribution is -2.35. The van der Waals surface area contributed by atoms with E-state index in [0.717, 1.165) is 24.4 Å². The molecular weight excluding hydrogens is 384 g/mol. The third-order valence-electron chi connectivity index (χ3n) is 4.92. The molecule has 1 aromatic heterocycles. The monoisotopic (exact) mass is 414 g/mol. The summed E-state index contributed by atoms with van der Waals surface area (Å²) in [5.41, 5.74) is 0.904. The Kier molecular flexibility index (Phi) is 8.14. The lowest BCUT2D eigenvalue weighted by atomic mass is 10.1. The second-order valence-corrected chi connectivity index (χ2v) is 7.90. The van der Waals surface area contributed by atoms with Crippen molar-refractivity contribution in [2.24, 2.45) is 0 Å². The van der Waals surface area contributed by atoms with Gasteiger partial charge in [0.15, 0.2) is 11.5 Å². The number of benzene rings is 1. The summed E-state index contributed by atoms with van der Waals surface area (Å²) in [5.74, 6) is 1.33. The number of thiophene rings is 1. The Balaban J connectivity index is 1.60. The van der Waals surface area contributed by atoms with Crippen LogP contribution < -0.4 is 14.8 Å². The lowest BCUT2D eigenvalue weighted by molar-refractivity contribution is -0.116. The van der Waals surface area contributed by atoms with Crippen LogP contribution in [-0.2, 0) is 4.79 Å². The highest BCUT2D eigenvalue weighted by molar-refractivity contribution is 7.10. The molecule has 1 saturated heterocycles. The van der Waals surface area contributed by atoms with Gasteiger partial charge in [-0.05, 0) is 75.0 Å². The van der Waals surface area contributed by atoms with E-state index in [1.165, 1.54) is 17.7 Å². The molecule has 1 aliphatic rings. The minimum absolute atomic E-state index is 0.0856. The predicted molar refractivity (Wildman–Crippen MR) is 119 cm³/mol. The average Bonchev–Trinajstić information content (AvgIpc) is 3.43. The van der Waals surface area contributed by atoms with Crippen molar-refractivity contribution >= 4 is 23.3 Å². The molecule has 2 aromatic rings. The zero-order valence-electron chi connectivity index (χ0n) is 17.2. The highest BCUT2D eigenvalue weighted by Crippen LogP contribution is 2.29. The minimum atomic E-state index is -0.0856. The first kappa shape index (κ1) is 21.4. The SMILES string of the molecule is CCOc1ccc(/C=C/C(=O)NCC(c2cccs2)N2CCCC2)cc1OCC. The third-order valence-corrected chi connectivity index (χ3v) is 5.89. The van der Waals surface area contributed by atoms with E-state index in [2.05, 4.69) is 27.7 Å². The van der Waals surface area contributed by atoms with Crippen molar-refractivity contribution in [3.63, 3.8) is 0 Å². The smallest absolute Gasteiger partial charge is 0.244 e. The van der Waals surface area contributed by atoms with Gasteiger partial charge in [-0.3, -0.25) is 9.69 Å². The Bertz CT molecular complexity index is 798. The summed E-state index contributed by atoms with van der Waals surface area (Å²) >= 11 is 1.75. The normalized spacial score (nSPS) is 15.5. The number of ether oxygens (including phenoxy) is 2. The molecular formula is C23H30N2O3S. The summed E-state index contributed by atoms with van der Waals surface area (Å²) < 4.78 is 11.2. The van der Waals surface area contributed by atoms with E-state index in [0.29, 0.717) is 25.5 Å². The molecule has 1 aliphatic heterocycles. The van der Waals surface area contributed by atoms with Crippen LogP contribution in [0.2, 0.25) is 0 Å². The van der Waals surface area contributed by atoms with E-state index in [1.54, 1.807) is 17.4 Å². The topological polar surface area (TPSA) is 50.8 Å². The van der Waals surface area contributed by atoms with E-state index in [1.807, 2.05) is 38.1 Å². The van der Waals surface area contributed by atoms with Gasteiger partial charge >= 0.3 is 0 Å². The van der Waals surface area contributed by atoms with Crippen LogP contribution in [0.25, 0.3) is 6.08 Å². The lowest BCUT2D eigenvalue weighted by Gasteiger charge is -2.26. The number of carbonyl (C=O) groups is 1. The van der Waals surface area contributed by atoms with Gasteiger partial charge in [0.2, 0.25) is 5.91 Å². The van der Waals surface area contributed by atoms with E-state index >= 15 is 0 Å². The molecule has 1 N–H and O–H groups in total.